The Morgan fingerprint density at radius 2 is 1.71 bits per heavy atom. The van der Waals surface area contributed by atoms with Crippen LogP contribution in [0.2, 0.25) is 0 Å². The first kappa shape index (κ1) is 21.6. The summed E-state index contributed by atoms with van der Waals surface area (Å²) in [6.45, 7) is -0.187. The molecule has 2 rings (SSSR count). The molecule has 28 heavy (non-hydrogen) atoms. The Morgan fingerprint density at radius 1 is 1.07 bits per heavy atom. The second kappa shape index (κ2) is 10.6. The highest BCUT2D eigenvalue weighted by molar-refractivity contribution is 7.86. The Hall–Kier alpha value is -2.71. The molecule has 7 nitrogen and oxygen atoms in total. The van der Waals surface area contributed by atoms with Gasteiger partial charge in [0.05, 0.1) is 11.8 Å². The van der Waals surface area contributed by atoms with Crippen LogP contribution in [0.15, 0.2) is 59.8 Å². The number of carbonyl (C=O) groups excluding carboxylic acids is 1. The molecule has 0 radical (unpaired) electrons. The average Bonchev–Trinajstić information content (AvgIpc) is 2.69. The largest absolute Gasteiger partial charge is 0.459 e. The predicted molar refractivity (Wildman–Crippen MR) is 107 cm³/mol. The summed E-state index contributed by atoms with van der Waals surface area (Å²) < 4.78 is 33.0. The summed E-state index contributed by atoms with van der Waals surface area (Å²) in [7, 11) is -2.27. The van der Waals surface area contributed by atoms with E-state index in [0.29, 0.717) is 18.4 Å². The van der Waals surface area contributed by atoms with Gasteiger partial charge < -0.3 is 9.57 Å². The van der Waals surface area contributed by atoms with E-state index in [-0.39, 0.29) is 6.61 Å². The zero-order chi connectivity index (χ0) is 20.4. The van der Waals surface area contributed by atoms with Crippen LogP contribution < -0.4 is 0 Å². The molecule has 0 fully saturated rings. The first-order valence-electron chi connectivity index (χ1n) is 8.65. The second-order valence-corrected chi connectivity index (χ2v) is 7.61. The van der Waals surface area contributed by atoms with Crippen LogP contribution in [0.3, 0.4) is 0 Å². The van der Waals surface area contributed by atoms with Crippen LogP contribution in [0.4, 0.5) is 0 Å². The molecule has 0 aliphatic carbocycles. The summed E-state index contributed by atoms with van der Waals surface area (Å²) in [4.78, 5) is 16.8. The Labute approximate surface area is 165 Å². The van der Waals surface area contributed by atoms with E-state index in [1.807, 2.05) is 42.5 Å². The molecule has 0 aliphatic rings. The summed E-state index contributed by atoms with van der Waals surface area (Å²) in [6.07, 6.45) is 2.36. The van der Waals surface area contributed by atoms with Crippen molar-refractivity contribution in [3.05, 3.63) is 60.2 Å². The van der Waals surface area contributed by atoms with Gasteiger partial charge in [-0.25, -0.2) is 4.79 Å². The molecule has 0 aromatic heterocycles. The van der Waals surface area contributed by atoms with E-state index in [4.69, 9.17) is 8.92 Å². The molecular formula is C20H23NO6S. The molecule has 0 spiro atoms. The number of ether oxygens (including phenoxy) is 1. The Morgan fingerprint density at radius 3 is 2.32 bits per heavy atom. The lowest BCUT2D eigenvalue weighted by atomic mass is 10.0. The zero-order valence-corrected chi connectivity index (χ0v) is 16.6. The number of rotatable bonds is 10. The molecule has 8 heteroatoms. The van der Waals surface area contributed by atoms with E-state index in [1.54, 1.807) is 12.1 Å². The van der Waals surface area contributed by atoms with Crippen LogP contribution >= 0.6 is 0 Å². The first-order chi connectivity index (χ1) is 13.4. The number of hydrogen-bond donors (Lipinski definition) is 0. The SMILES string of the molecule is CO/N=C\CC[C@@H](COC(=O)c1ccc(-c2ccccc2)cc1)OS(C)(=O)=O. The second-order valence-electron chi connectivity index (χ2n) is 6.01. The van der Waals surface area contributed by atoms with Crippen molar-refractivity contribution in [1.82, 2.24) is 0 Å². The summed E-state index contributed by atoms with van der Waals surface area (Å²) in [5, 5.41) is 3.58. The van der Waals surface area contributed by atoms with Gasteiger partial charge in [-0.3, -0.25) is 4.18 Å². The topological polar surface area (TPSA) is 91.3 Å². The highest BCUT2D eigenvalue weighted by Crippen LogP contribution is 2.19. The van der Waals surface area contributed by atoms with Crippen molar-refractivity contribution in [3.8, 4) is 11.1 Å². The average molecular weight is 405 g/mol. The number of esters is 1. The molecule has 0 aliphatic heterocycles. The smallest absolute Gasteiger partial charge is 0.338 e. The highest BCUT2D eigenvalue weighted by Gasteiger charge is 2.18. The van der Waals surface area contributed by atoms with Crippen LogP contribution in [-0.4, -0.2) is 46.7 Å². The number of hydrogen-bond acceptors (Lipinski definition) is 7. The quantitative estimate of drug-likeness (QED) is 0.261. The van der Waals surface area contributed by atoms with Gasteiger partial charge in [0.2, 0.25) is 0 Å². The lowest BCUT2D eigenvalue weighted by molar-refractivity contribution is 0.0312. The monoisotopic (exact) mass is 405 g/mol. The third-order valence-electron chi connectivity index (χ3n) is 3.74. The molecule has 150 valence electrons. The minimum Gasteiger partial charge on any atom is -0.459 e. The van der Waals surface area contributed by atoms with Gasteiger partial charge in [0.1, 0.15) is 19.8 Å². The van der Waals surface area contributed by atoms with Gasteiger partial charge in [-0.15, -0.1) is 0 Å². The molecular weight excluding hydrogens is 382 g/mol. The van der Waals surface area contributed by atoms with Crippen molar-refractivity contribution < 1.29 is 27.0 Å². The van der Waals surface area contributed by atoms with Crippen molar-refractivity contribution in [2.45, 2.75) is 18.9 Å². The lowest BCUT2D eigenvalue weighted by Crippen LogP contribution is -2.25. The maximum absolute atomic E-state index is 12.3. The standard InChI is InChI=1S/C20H23NO6S/c1-25-21-14-6-9-19(27-28(2,23)24)15-26-20(22)18-12-10-17(11-13-18)16-7-4-3-5-8-16/h3-5,7-8,10-14,19H,6,9,15H2,1-2H3/b21-14-/t19-/m0/s1. The number of benzene rings is 2. The minimum atomic E-state index is -3.68. The third-order valence-corrected chi connectivity index (χ3v) is 4.36. The fourth-order valence-electron chi connectivity index (χ4n) is 2.48. The molecule has 0 saturated heterocycles. The van der Waals surface area contributed by atoms with Crippen LogP contribution in [0, 0.1) is 0 Å². The molecule has 2 aromatic rings. The Balaban J connectivity index is 1.96. The Kier molecular flexibility index (Phi) is 8.16. The van der Waals surface area contributed by atoms with E-state index in [1.165, 1.54) is 13.3 Å². The van der Waals surface area contributed by atoms with Crippen molar-refractivity contribution in [2.75, 3.05) is 20.0 Å². The van der Waals surface area contributed by atoms with E-state index in [0.717, 1.165) is 17.4 Å². The molecule has 0 N–H and O–H groups in total. The highest BCUT2D eigenvalue weighted by atomic mass is 32.2. The summed E-state index contributed by atoms with van der Waals surface area (Å²) in [6, 6.07) is 16.8. The first-order valence-corrected chi connectivity index (χ1v) is 10.5. The molecule has 0 heterocycles. The van der Waals surface area contributed by atoms with Crippen molar-refractivity contribution in [1.29, 1.82) is 0 Å². The molecule has 0 amide bonds. The van der Waals surface area contributed by atoms with Gasteiger partial charge in [0, 0.05) is 6.21 Å². The fourth-order valence-corrected chi connectivity index (χ4v) is 3.12. The maximum atomic E-state index is 12.3. The minimum absolute atomic E-state index is 0.187. The van der Waals surface area contributed by atoms with Gasteiger partial charge in [0.25, 0.3) is 10.1 Å². The number of oxime groups is 1. The molecule has 0 bridgehead atoms. The predicted octanol–water partition coefficient (Wildman–Crippen LogP) is 3.27. The van der Waals surface area contributed by atoms with Crippen molar-refractivity contribution >= 4 is 22.3 Å². The molecule has 1 atom stereocenters. The van der Waals surface area contributed by atoms with Gasteiger partial charge in [-0.05, 0) is 36.1 Å². The molecule has 2 aromatic carbocycles. The van der Waals surface area contributed by atoms with E-state index >= 15 is 0 Å². The number of nitrogens with zero attached hydrogens (tertiary/aromatic N) is 1. The van der Waals surface area contributed by atoms with Crippen LogP contribution in [0.25, 0.3) is 11.1 Å². The van der Waals surface area contributed by atoms with E-state index in [9.17, 15) is 13.2 Å². The molecule has 0 unspecified atom stereocenters. The van der Waals surface area contributed by atoms with Crippen LogP contribution in [-0.2, 0) is 23.9 Å². The van der Waals surface area contributed by atoms with Gasteiger partial charge >= 0.3 is 5.97 Å². The Bertz CT molecular complexity index is 879. The fraction of sp³-hybridized carbons (Fsp3) is 0.300. The normalized spacial score (nSPS) is 12.6. The van der Waals surface area contributed by atoms with Crippen LogP contribution in [0.1, 0.15) is 23.2 Å². The lowest BCUT2D eigenvalue weighted by Gasteiger charge is -2.15. The zero-order valence-electron chi connectivity index (χ0n) is 15.8. The van der Waals surface area contributed by atoms with Crippen molar-refractivity contribution in [3.63, 3.8) is 0 Å². The summed E-state index contributed by atoms with van der Waals surface area (Å²) in [5.74, 6) is -0.549. The van der Waals surface area contributed by atoms with Crippen molar-refractivity contribution in [2.24, 2.45) is 5.16 Å². The van der Waals surface area contributed by atoms with E-state index < -0.39 is 22.2 Å². The van der Waals surface area contributed by atoms with Gasteiger partial charge in [-0.2, -0.15) is 8.42 Å². The van der Waals surface area contributed by atoms with E-state index in [2.05, 4.69) is 9.99 Å². The number of carbonyl (C=O) groups is 1. The third kappa shape index (κ3) is 7.50. The molecule has 0 saturated carbocycles. The summed E-state index contributed by atoms with van der Waals surface area (Å²) in [5.41, 5.74) is 2.40. The van der Waals surface area contributed by atoms with Gasteiger partial charge in [-0.1, -0.05) is 47.6 Å². The maximum Gasteiger partial charge on any atom is 0.338 e. The summed E-state index contributed by atoms with van der Waals surface area (Å²) >= 11 is 0. The van der Waals surface area contributed by atoms with Crippen LogP contribution in [0.5, 0.6) is 0 Å². The van der Waals surface area contributed by atoms with Gasteiger partial charge in [0.15, 0.2) is 0 Å².